The van der Waals surface area contributed by atoms with E-state index in [9.17, 15) is 9.59 Å². The highest BCUT2D eigenvalue weighted by Crippen LogP contribution is 2.31. The van der Waals surface area contributed by atoms with Crippen molar-refractivity contribution < 1.29 is 23.8 Å². The fraction of sp³-hybridized carbons (Fsp3) is 0.333. The Morgan fingerprint density at radius 2 is 1.96 bits per heavy atom. The Kier molecular flexibility index (Phi) is 8.14. The number of aryl methyl sites for hydroxylation is 1. The van der Waals surface area contributed by atoms with Crippen LogP contribution in [0, 0.1) is 6.92 Å². The third kappa shape index (κ3) is 6.16. The fourth-order valence-corrected chi connectivity index (χ4v) is 2.74. The van der Waals surface area contributed by atoms with Gasteiger partial charge in [-0.1, -0.05) is 23.7 Å². The largest absolute Gasteiger partial charge is 0.496 e. The van der Waals surface area contributed by atoms with Crippen LogP contribution >= 0.6 is 11.6 Å². The summed E-state index contributed by atoms with van der Waals surface area (Å²) in [7, 11) is 1.43. The maximum Gasteiger partial charge on any atom is 0.341 e. The van der Waals surface area contributed by atoms with E-state index in [-0.39, 0.29) is 35.3 Å². The van der Waals surface area contributed by atoms with Gasteiger partial charge in [0.2, 0.25) is 5.91 Å². The van der Waals surface area contributed by atoms with Gasteiger partial charge in [0.15, 0.2) is 0 Å². The molecule has 2 aromatic rings. The van der Waals surface area contributed by atoms with Gasteiger partial charge < -0.3 is 19.5 Å². The number of rotatable bonds is 9. The molecule has 0 fully saturated rings. The molecule has 0 aromatic heterocycles. The second kappa shape index (κ2) is 10.6. The third-order valence-electron chi connectivity index (χ3n) is 3.87. The Labute approximate surface area is 169 Å². The maximum atomic E-state index is 12.2. The van der Waals surface area contributed by atoms with Crippen LogP contribution in [0.15, 0.2) is 36.4 Å². The zero-order valence-electron chi connectivity index (χ0n) is 16.2. The van der Waals surface area contributed by atoms with Gasteiger partial charge in [-0.25, -0.2) is 4.79 Å². The molecule has 2 aromatic carbocycles. The van der Waals surface area contributed by atoms with Crippen molar-refractivity contribution in [1.29, 1.82) is 0 Å². The third-order valence-corrected chi connectivity index (χ3v) is 4.18. The Hall–Kier alpha value is -2.73. The molecule has 0 heterocycles. The molecule has 0 aliphatic heterocycles. The molecule has 0 spiro atoms. The van der Waals surface area contributed by atoms with Gasteiger partial charge in [0.1, 0.15) is 17.1 Å². The smallest absolute Gasteiger partial charge is 0.341 e. The van der Waals surface area contributed by atoms with E-state index in [1.807, 2.05) is 31.2 Å². The number of ether oxygens (including phenoxy) is 3. The first-order valence-corrected chi connectivity index (χ1v) is 9.36. The van der Waals surface area contributed by atoms with Gasteiger partial charge >= 0.3 is 5.97 Å². The molecule has 2 rings (SSSR count). The highest BCUT2D eigenvalue weighted by atomic mass is 35.5. The van der Waals surface area contributed by atoms with Gasteiger partial charge in [-0.3, -0.25) is 4.79 Å². The van der Waals surface area contributed by atoms with Crippen molar-refractivity contribution in [2.45, 2.75) is 26.7 Å². The molecule has 1 N–H and O–H groups in total. The van der Waals surface area contributed by atoms with Crippen LogP contribution in [0.3, 0.4) is 0 Å². The average molecular weight is 406 g/mol. The summed E-state index contributed by atoms with van der Waals surface area (Å²) in [6.07, 6.45) is 0.819. The lowest BCUT2D eigenvalue weighted by Gasteiger charge is -2.13. The molecule has 0 radical (unpaired) electrons. The number of hydrogen-bond donors (Lipinski definition) is 1. The number of amides is 1. The standard InChI is InChI=1S/C21H24ClNO5/c1-4-27-21(25)16-12-17(22)18(13-19(16)26-3)23-20(24)9-6-10-28-15-8-5-7-14(2)11-15/h5,7-8,11-13H,4,6,9-10H2,1-3H3,(H,23,24). The van der Waals surface area contributed by atoms with Gasteiger partial charge in [0.25, 0.3) is 0 Å². The van der Waals surface area contributed by atoms with E-state index in [0.29, 0.717) is 18.7 Å². The highest BCUT2D eigenvalue weighted by Gasteiger charge is 2.18. The molecule has 0 saturated heterocycles. The summed E-state index contributed by atoms with van der Waals surface area (Å²) in [6, 6.07) is 10.7. The number of methoxy groups -OCH3 is 1. The van der Waals surface area contributed by atoms with Crippen LogP contribution in [-0.2, 0) is 9.53 Å². The average Bonchev–Trinajstić information content (AvgIpc) is 2.66. The number of hydrogen-bond acceptors (Lipinski definition) is 5. The molecule has 6 nitrogen and oxygen atoms in total. The van der Waals surface area contributed by atoms with Crippen molar-refractivity contribution in [3.05, 3.63) is 52.5 Å². The van der Waals surface area contributed by atoms with Crippen LogP contribution in [0.2, 0.25) is 5.02 Å². The topological polar surface area (TPSA) is 73.9 Å². The first-order valence-electron chi connectivity index (χ1n) is 8.98. The number of carbonyl (C=O) groups is 2. The lowest BCUT2D eigenvalue weighted by Crippen LogP contribution is -2.14. The van der Waals surface area contributed by atoms with Crippen LogP contribution in [0.5, 0.6) is 11.5 Å². The van der Waals surface area contributed by atoms with E-state index < -0.39 is 5.97 Å². The molecule has 0 aliphatic rings. The van der Waals surface area contributed by atoms with E-state index in [1.54, 1.807) is 6.92 Å². The number of benzene rings is 2. The van der Waals surface area contributed by atoms with Crippen LogP contribution in [0.4, 0.5) is 5.69 Å². The number of esters is 1. The fourth-order valence-electron chi connectivity index (χ4n) is 2.53. The van der Waals surface area contributed by atoms with Crippen LogP contribution in [0.1, 0.15) is 35.7 Å². The zero-order chi connectivity index (χ0) is 20.5. The Morgan fingerprint density at radius 1 is 1.18 bits per heavy atom. The monoisotopic (exact) mass is 405 g/mol. The summed E-state index contributed by atoms with van der Waals surface area (Å²) in [6.45, 7) is 4.37. The molecule has 1 amide bonds. The first-order chi connectivity index (χ1) is 13.4. The second-order valence-electron chi connectivity index (χ2n) is 6.07. The summed E-state index contributed by atoms with van der Waals surface area (Å²) >= 11 is 6.20. The van der Waals surface area contributed by atoms with Gasteiger partial charge in [-0.2, -0.15) is 0 Å². The zero-order valence-corrected chi connectivity index (χ0v) is 17.0. The number of halogens is 1. The number of anilines is 1. The van der Waals surface area contributed by atoms with Crippen molar-refractivity contribution in [3.8, 4) is 11.5 Å². The van der Waals surface area contributed by atoms with Crippen LogP contribution in [-0.4, -0.2) is 32.2 Å². The molecular weight excluding hydrogens is 382 g/mol. The van der Waals surface area contributed by atoms with Gasteiger partial charge in [0.05, 0.1) is 31.0 Å². The molecule has 150 valence electrons. The predicted octanol–water partition coefficient (Wildman–Crippen LogP) is 4.63. The van der Waals surface area contributed by atoms with E-state index >= 15 is 0 Å². The SMILES string of the molecule is CCOC(=O)c1cc(Cl)c(NC(=O)CCCOc2cccc(C)c2)cc1OC. The van der Waals surface area contributed by atoms with Crippen molar-refractivity contribution in [2.75, 3.05) is 25.6 Å². The Bertz CT molecular complexity index is 838. The molecule has 0 saturated carbocycles. The minimum Gasteiger partial charge on any atom is -0.496 e. The Morgan fingerprint density at radius 3 is 2.64 bits per heavy atom. The quantitative estimate of drug-likeness (QED) is 0.486. The number of carbonyl (C=O) groups excluding carboxylic acids is 2. The van der Waals surface area contributed by atoms with Crippen molar-refractivity contribution in [2.24, 2.45) is 0 Å². The van der Waals surface area contributed by atoms with Crippen molar-refractivity contribution in [1.82, 2.24) is 0 Å². The molecule has 7 heteroatoms. The number of nitrogens with one attached hydrogen (secondary N) is 1. The minimum absolute atomic E-state index is 0.207. The van der Waals surface area contributed by atoms with Crippen molar-refractivity contribution in [3.63, 3.8) is 0 Å². The van der Waals surface area contributed by atoms with Crippen molar-refractivity contribution >= 4 is 29.2 Å². The molecule has 0 bridgehead atoms. The normalized spacial score (nSPS) is 10.3. The maximum absolute atomic E-state index is 12.2. The minimum atomic E-state index is -0.535. The summed E-state index contributed by atoms with van der Waals surface area (Å²) in [5, 5.41) is 2.96. The summed E-state index contributed by atoms with van der Waals surface area (Å²) in [5.41, 5.74) is 1.69. The summed E-state index contributed by atoms with van der Waals surface area (Å²) in [5.74, 6) is 0.316. The lowest BCUT2D eigenvalue weighted by atomic mass is 10.1. The molecule has 0 unspecified atom stereocenters. The highest BCUT2D eigenvalue weighted by molar-refractivity contribution is 6.34. The molecule has 0 atom stereocenters. The first kappa shape index (κ1) is 21.6. The van der Waals surface area contributed by atoms with Crippen LogP contribution < -0.4 is 14.8 Å². The van der Waals surface area contributed by atoms with Gasteiger partial charge in [-0.15, -0.1) is 0 Å². The van der Waals surface area contributed by atoms with E-state index in [2.05, 4.69) is 5.32 Å². The second-order valence-corrected chi connectivity index (χ2v) is 6.48. The van der Waals surface area contributed by atoms with E-state index in [4.69, 9.17) is 25.8 Å². The van der Waals surface area contributed by atoms with Gasteiger partial charge in [-0.05, 0) is 44.0 Å². The van der Waals surface area contributed by atoms with E-state index in [0.717, 1.165) is 11.3 Å². The molecular formula is C21H24ClNO5. The molecule has 0 aliphatic carbocycles. The van der Waals surface area contributed by atoms with Crippen LogP contribution in [0.25, 0.3) is 0 Å². The van der Waals surface area contributed by atoms with Gasteiger partial charge in [0, 0.05) is 12.5 Å². The summed E-state index contributed by atoms with van der Waals surface area (Å²) < 4.78 is 15.8. The summed E-state index contributed by atoms with van der Waals surface area (Å²) in [4.78, 5) is 24.2. The Balaban J connectivity index is 1.91. The predicted molar refractivity (Wildman–Crippen MR) is 108 cm³/mol. The van der Waals surface area contributed by atoms with E-state index in [1.165, 1.54) is 19.2 Å². The molecule has 28 heavy (non-hydrogen) atoms. The lowest BCUT2D eigenvalue weighted by molar-refractivity contribution is -0.116.